The number of hydrogen-bond donors (Lipinski definition) is 3. The number of aliphatic hydroxyl groups excluding tert-OH is 1. The van der Waals surface area contributed by atoms with E-state index in [0.29, 0.717) is 41.1 Å². The zero-order valence-electron chi connectivity index (χ0n) is 31.5. The molecule has 0 radical (unpaired) electrons. The summed E-state index contributed by atoms with van der Waals surface area (Å²) in [7, 11) is -3.75. The van der Waals surface area contributed by atoms with Crippen molar-refractivity contribution < 1.29 is 23.0 Å². The number of nitrogens with one attached hydrogen (secondary N) is 2. The van der Waals surface area contributed by atoms with Crippen LogP contribution in [0.25, 0.3) is 10.9 Å². The van der Waals surface area contributed by atoms with Gasteiger partial charge in [-0.05, 0) is 78.9 Å². The number of H-pyrrole nitrogens is 1. The van der Waals surface area contributed by atoms with Gasteiger partial charge in [-0.15, -0.1) is 0 Å². The van der Waals surface area contributed by atoms with E-state index in [1.54, 1.807) is 48.5 Å². The lowest BCUT2D eigenvalue weighted by atomic mass is 9.93. The molecule has 0 bridgehead atoms. The van der Waals surface area contributed by atoms with E-state index in [9.17, 15) is 18.3 Å². The van der Waals surface area contributed by atoms with Crippen LogP contribution in [-0.2, 0) is 16.4 Å². The maximum Gasteiger partial charge on any atom is 0.248 e. The third kappa shape index (κ3) is 9.48. The second-order valence-corrected chi connectivity index (χ2v) is 16.6. The molecule has 1 aromatic heterocycles. The van der Waals surface area contributed by atoms with E-state index < -0.39 is 15.9 Å². The second kappa shape index (κ2) is 18.0. The van der Waals surface area contributed by atoms with Gasteiger partial charge in [0.25, 0.3) is 0 Å². The minimum Gasteiger partial charge on any atom is -0.492 e. The summed E-state index contributed by atoms with van der Waals surface area (Å²) >= 11 is 0. The zero-order valence-corrected chi connectivity index (χ0v) is 32.3. The number of rotatable bonds is 15. The molecule has 2 atom stereocenters. The number of hydrogen-bond acceptors (Lipinski definition) is 9. The van der Waals surface area contributed by atoms with Crippen molar-refractivity contribution >= 4 is 20.7 Å². The summed E-state index contributed by atoms with van der Waals surface area (Å²) in [6, 6.07) is 31.3. The number of piperazine rings is 1. The third-order valence-corrected chi connectivity index (χ3v) is 12.9. The lowest BCUT2D eigenvalue weighted by Gasteiger charge is -2.42. The molecule has 1 aliphatic carbocycles. The van der Waals surface area contributed by atoms with Crippen molar-refractivity contribution in [1.82, 2.24) is 20.1 Å². The molecule has 1 saturated heterocycles. The number of nitrogens with zero attached hydrogens (tertiary/aromatic N) is 2. The van der Waals surface area contributed by atoms with Crippen LogP contribution in [0.2, 0.25) is 0 Å². The van der Waals surface area contributed by atoms with E-state index in [1.165, 1.54) is 38.2 Å². The molecular weight excluding hydrogens is 713 g/mol. The van der Waals surface area contributed by atoms with Crippen LogP contribution in [0.5, 0.6) is 11.5 Å². The molecule has 290 valence electrons. The van der Waals surface area contributed by atoms with E-state index in [0.717, 1.165) is 43.3 Å². The summed E-state index contributed by atoms with van der Waals surface area (Å²) in [5.41, 5.74) is 3.05. The van der Waals surface area contributed by atoms with Gasteiger partial charge in [-0.25, -0.2) is 8.42 Å². The first kappa shape index (κ1) is 38.7. The monoisotopic (exact) mass is 764 g/mol. The summed E-state index contributed by atoms with van der Waals surface area (Å²) < 4.78 is 39.2. The van der Waals surface area contributed by atoms with E-state index in [4.69, 9.17) is 9.47 Å². The van der Waals surface area contributed by atoms with E-state index in [2.05, 4.69) is 27.0 Å². The Morgan fingerprint density at radius 1 is 0.836 bits per heavy atom. The molecule has 1 unspecified atom stereocenters. The highest BCUT2D eigenvalue weighted by molar-refractivity contribution is 7.91. The van der Waals surface area contributed by atoms with Gasteiger partial charge in [-0.2, -0.15) is 0 Å². The molecule has 2 fully saturated rings. The first-order chi connectivity index (χ1) is 26.8. The average Bonchev–Trinajstić information content (AvgIpc) is 3.23. The molecule has 0 spiro atoms. The number of aliphatic hydroxyl groups is 1. The predicted molar refractivity (Wildman–Crippen MR) is 215 cm³/mol. The normalized spacial score (nSPS) is 17.2. The molecule has 0 amide bonds. The van der Waals surface area contributed by atoms with Crippen LogP contribution < -0.4 is 20.3 Å². The van der Waals surface area contributed by atoms with Gasteiger partial charge < -0.3 is 24.9 Å². The molecule has 7 rings (SSSR count). The minimum absolute atomic E-state index is 0.175. The van der Waals surface area contributed by atoms with Crippen molar-refractivity contribution in [2.24, 2.45) is 0 Å². The van der Waals surface area contributed by atoms with E-state index in [1.807, 2.05) is 48.5 Å². The van der Waals surface area contributed by atoms with Crippen LogP contribution in [0.15, 0.2) is 118 Å². The van der Waals surface area contributed by atoms with Gasteiger partial charge in [-0.3, -0.25) is 14.6 Å². The summed E-state index contributed by atoms with van der Waals surface area (Å²) in [6.07, 6.45) is 5.88. The SMILES string of the molecule is CC(c1ccc(S(=O)(=O)c2cccc(OCCNC[C@H](O)c3ccc(OCc4ccccc4)c4[nH]c(=O)ccc34)c2)cc1)N1CCN(C2CCCCC2)CC1. The second-order valence-electron chi connectivity index (χ2n) is 14.7. The van der Waals surface area contributed by atoms with Gasteiger partial charge in [0.15, 0.2) is 0 Å². The van der Waals surface area contributed by atoms with Gasteiger partial charge in [0.1, 0.15) is 24.7 Å². The fourth-order valence-corrected chi connectivity index (χ4v) is 9.22. The van der Waals surface area contributed by atoms with Crippen LogP contribution in [0.1, 0.15) is 67.9 Å². The lowest BCUT2D eigenvalue weighted by Crippen LogP contribution is -2.51. The van der Waals surface area contributed by atoms with Crippen molar-refractivity contribution in [2.75, 3.05) is 45.9 Å². The summed E-state index contributed by atoms with van der Waals surface area (Å²) in [5, 5.41) is 15.0. The Kier molecular flexibility index (Phi) is 12.6. The molecule has 11 heteroatoms. The minimum atomic E-state index is -3.75. The lowest BCUT2D eigenvalue weighted by molar-refractivity contribution is 0.0602. The molecule has 4 aromatic carbocycles. The summed E-state index contributed by atoms with van der Waals surface area (Å²) in [6.45, 7) is 7.72. The molecular formula is C44H52N4O6S. The zero-order chi connectivity index (χ0) is 38.2. The number of benzene rings is 4. The van der Waals surface area contributed by atoms with E-state index >= 15 is 0 Å². The van der Waals surface area contributed by atoms with Crippen LogP contribution in [0.4, 0.5) is 0 Å². The van der Waals surface area contributed by atoms with Crippen molar-refractivity contribution in [2.45, 2.75) is 73.6 Å². The van der Waals surface area contributed by atoms with Gasteiger partial charge in [0, 0.05) is 62.8 Å². The number of aromatic nitrogens is 1. The van der Waals surface area contributed by atoms with Crippen LogP contribution in [0, 0.1) is 0 Å². The first-order valence-electron chi connectivity index (χ1n) is 19.5. The van der Waals surface area contributed by atoms with E-state index in [-0.39, 0.29) is 34.5 Å². The number of pyridine rings is 1. The quantitative estimate of drug-likeness (QED) is 0.101. The smallest absolute Gasteiger partial charge is 0.248 e. The molecule has 2 heterocycles. The molecule has 1 aliphatic heterocycles. The maximum absolute atomic E-state index is 13.6. The molecule has 10 nitrogen and oxygen atoms in total. The first-order valence-corrected chi connectivity index (χ1v) is 21.0. The molecule has 2 aliphatic rings. The molecule has 5 aromatic rings. The topological polar surface area (TPSA) is 124 Å². The number of ether oxygens (including phenoxy) is 2. The predicted octanol–water partition coefficient (Wildman–Crippen LogP) is 6.65. The van der Waals surface area contributed by atoms with Crippen molar-refractivity contribution in [3.63, 3.8) is 0 Å². The number of sulfone groups is 1. The number of fused-ring (bicyclic) bond motifs is 1. The fraction of sp³-hybridized carbons (Fsp3) is 0.386. The Balaban J connectivity index is 0.898. The summed E-state index contributed by atoms with van der Waals surface area (Å²) in [4.78, 5) is 20.7. The Labute approximate surface area is 324 Å². The highest BCUT2D eigenvalue weighted by Gasteiger charge is 2.28. The highest BCUT2D eigenvalue weighted by atomic mass is 32.2. The van der Waals surface area contributed by atoms with Gasteiger partial charge >= 0.3 is 0 Å². The van der Waals surface area contributed by atoms with Crippen molar-refractivity contribution in [1.29, 1.82) is 0 Å². The average molecular weight is 765 g/mol. The Morgan fingerprint density at radius 2 is 1.60 bits per heavy atom. The largest absolute Gasteiger partial charge is 0.492 e. The van der Waals surface area contributed by atoms with Crippen LogP contribution in [0.3, 0.4) is 0 Å². The maximum atomic E-state index is 13.6. The van der Waals surface area contributed by atoms with Crippen molar-refractivity contribution in [3.05, 3.63) is 130 Å². The van der Waals surface area contributed by atoms with Gasteiger partial charge in [0.2, 0.25) is 15.4 Å². The van der Waals surface area contributed by atoms with Crippen LogP contribution in [-0.4, -0.2) is 80.2 Å². The Hall–Kier alpha value is -4.52. The summed E-state index contributed by atoms with van der Waals surface area (Å²) in [5.74, 6) is 0.973. The highest BCUT2D eigenvalue weighted by Crippen LogP contribution is 2.31. The van der Waals surface area contributed by atoms with Crippen LogP contribution >= 0.6 is 0 Å². The molecule has 55 heavy (non-hydrogen) atoms. The Morgan fingerprint density at radius 3 is 2.36 bits per heavy atom. The van der Waals surface area contributed by atoms with Crippen molar-refractivity contribution in [3.8, 4) is 11.5 Å². The van der Waals surface area contributed by atoms with Gasteiger partial charge in [-0.1, -0.05) is 73.9 Å². The van der Waals surface area contributed by atoms with Gasteiger partial charge in [0.05, 0.1) is 21.4 Å². The standard InChI is InChI=1S/C44H52N4O6S/c1-32(47-24-26-48(27-25-47)35-11-6-3-7-12-35)34-15-17-37(18-16-34)55(51,52)38-14-8-13-36(29-38)53-28-23-45-30-41(49)39-19-21-42(44-40(39)20-22-43(50)46-44)54-31-33-9-4-2-5-10-33/h2,4-5,8-10,13-22,29,32,35,41,45,49H,3,6-7,11-12,23-28,30-31H2,1H3,(H,46,50)/t32?,41-/m0/s1. The third-order valence-electron chi connectivity index (χ3n) is 11.1. The fourth-order valence-electron chi connectivity index (χ4n) is 7.92. The molecule has 1 saturated carbocycles. The number of aromatic amines is 1. The molecule has 3 N–H and O–H groups in total. The Bertz CT molecular complexity index is 2180.